The van der Waals surface area contributed by atoms with Crippen LogP contribution in [0.4, 0.5) is 0 Å². The van der Waals surface area contributed by atoms with E-state index < -0.39 is 0 Å². The Morgan fingerprint density at radius 3 is 2.91 bits per heavy atom. The van der Waals surface area contributed by atoms with Crippen molar-refractivity contribution in [3.05, 3.63) is 0 Å². The second kappa shape index (κ2) is 4.93. The van der Waals surface area contributed by atoms with Crippen molar-refractivity contribution in [3.8, 4) is 0 Å². The fraction of sp³-hybridized carbons (Fsp3) is 1.00. The van der Waals surface area contributed by atoms with Crippen LogP contribution in [0.2, 0.25) is 0 Å². The van der Waals surface area contributed by atoms with Crippen molar-refractivity contribution in [2.45, 2.75) is 25.2 Å². The molecule has 1 rings (SSSR count). The highest BCUT2D eigenvalue weighted by molar-refractivity contribution is 6.17. The smallest absolute Gasteiger partial charge is 0.158 e. The summed E-state index contributed by atoms with van der Waals surface area (Å²) < 4.78 is 10.4. The van der Waals surface area contributed by atoms with Gasteiger partial charge in [-0.25, -0.2) is 5.11 Å². The SMILES string of the molecule is [O]CC1COC(CCCCl)O1. The van der Waals surface area contributed by atoms with E-state index in [1.165, 1.54) is 0 Å². The molecule has 0 N–H and O–H groups in total. The maximum absolute atomic E-state index is 10.3. The van der Waals surface area contributed by atoms with E-state index in [0.717, 1.165) is 12.8 Å². The van der Waals surface area contributed by atoms with Crippen LogP contribution in [0.5, 0.6) is 0 Å². The van der Waals surface area contributed by atoms with Crippen molar-refractivity contribution in [2.75, 3.05) is 19.1 Å². The maximum atomic E-state index is 10.3. The molecular formula is C7H12ClO3. The van der Waals surface area contributed by atoms with Gasteiger partial charge in [-0.1, -0.05) is 0 Å². The van der Waals surface area contributed by atoms with E-state index in [1.807, 2.05) is 0 Å². The summed E-state index contributed by atoms with van der Waals surface area (Å²) >= 11 is 5.48. The highest BCUT2D eigenvalue weighted by atomic mass is 35.5. The minimum atomic E-state index is -0.240. The minimum Gasteiger partial charge on any atom is -0.350 e. The van der Waals surface area contributed by atoms with E-state index in [0.29, 0.717) is 12.5 Å². The molecule has 0 amide bonds. The van der Waals surface area contributed by atoms with Gasteiger partial charge in [0.2, 0.25) is 0 Å². The first-order valence-corrected chi connectivity index (χ1v) is 4.31. The van der Waals surface area contributed by atoms with Gasteiger partial charge in [0.1, 0.15) is 12.7 Å². The zero-order valence-electron chi connectivity index (χ0n) is 6.29. The van der Waals surface area contributed by atoms with E-state index in [4.69, 9.17) is 21.1 Å². The van der Waals surface area contributed by atoms with Gasteiger partial charge >= 0.3 is 0 Å². The monoisotopic (exact) mass is 179 g/mol. The van der Waals surface area contributed by atoms with Gasteiger partial charge in [-0.2, -0.15) is 0 Å². The number of alkyl halides is 1. The summed E-state index contributed by atoms with van der Waals surface area (Å²) in [7, 11) is 0. The Morgan fingerprint density at radius 1 is 1.55 bits per heavy atom. The molecule has 2 unspecified atom stereocenters. The van der Waals surface area contributed by atoms with Crippen LogP contribution < -0.4 is 0 Å². The zero-order valence-corrected chi connectivity index (χ0v) is 7.05. The van der Waals surface area contributed by atoms with Crippen LogP contribution in [0.25, 0.3) is 0 Å². The number of hydrogen-bond acceptors (Lipinski definition) is 2. The van der Waals surface area contributed by atoms with Crippen molar-refractivity contribution in [3.63, 3.8) is 0 Å². The molecule has 0 saturated carbocycles. The maximum Gasteiger partial charge on any atom is 0.158 e. The summed E-state index contributed by atoms with van der Waals surface area (Å²) in [6, 6.07) is 0. The molecule has 1 saturated heterocycles. The van der Waals surface area contributed by atoms with Crippen LogP contribution in [0.3, 0.4) is 0 Å². The van der Waals surface area contributed by atoms with Crippen molar-refractivity contribution < 1.29 is 14.6 Å². The highest BCUT2D eigenvalue weighted by Gasteiger charge is 2.24. The molecule has 0 aliphatic carbocycles. The van der Waals surface area contributed by atoms with Crippen molar-refractivity contribution >= 4 is 11.6 Å². The molecule has 4 heteroatoms. The molecule has 0 spiro atoms. The number of halogens is 1. The normalized spacial score (nSPS) is 31.1. The molecule has 0 bridgehead atoms. The molecule has 1 radical (unpaired) electrons. The average Bonchev–Trinajstić information content (AvgIpc) is 2.48. The molecule has 1 aliphatic heterocycles. The summed E-state index contributed by atoms with van der Waals surface area (Å²) in [5, 5.41) is 10.3. The fourth-order valence-electron chi connectivity index (χ4n) is 0.990. The van der Waals surface area contributed by atoms with E-state index >= 15 is 0 Å². The molecule has 2 atom stereocenters. The summed E-state index contributed by atoms with van der Waals surface area (Å²) in [6.45, 7) is 0.230. The Labute approximate surface area is 71.2 Å². The van der Waals surface area contributed by atoms with Gasteiger partial charge in [0.05, 0.1) is 6.61 Å². The molecule has 11 heavy (non-hydrogen) atoms. The summed E-state index contributed by atoms with van der Waals surface area (Å²) in [5.74, 6) is 0.616. The number of ether oxygens (including phenoxy) is 2. The van der Waals surface area contributed by atoms with Crippen molar-refractivity contribution in [1.29, 1.82) is 0 Å². The van der Waals surface area contributed by atoms with Crippen molar-refractivity contribution in [1.82, 2.24) is 0 Å². The van der Waals surface area contributed by atoms with Gasteiger partial charge in [-0.05, 0) is 12.8 Å². The zero-order chi connectivity index (χ0) is 8.10. The van der Waals surface area contributed by atoms with Crippen LogP contribution in [0, 0.1) is 0 Å². The number of rotatable bonds is 4. The van der Waals surface area contributed by atoms with Gasteiger partial charge in [0, 0.05) is 5.88 Å². The van der Waals surface area contributed by atoms with Crippen LogP contribution in [0.15, 0.2) is 0 Å². The molecule has 0 aromatic carbocycles. The molecule has 1 aliphatic rings. The molecule has 65 valence electrons. The Morgan fingerprint density at radius 2 is 2.36 bits per heavy atom. The average molecular weight is 180 g/mol. The first kappa shape index (κ1) is 9.26. The Balaban J connectivity index is 2.09. The quantitative estimate of drug-likeness (QED) is 0.608. The van der Waals surface area contributed by atoms with Gasteiger partial charge in [0.15, 0.2) is 6.29 Å². The fourth-order valence-corrected chi connectivity index (χ4v) is 1.14. The lowest BCUT2D eigenvalue weighted by molar-refractivity contribution is -0.0738. The van der Waals surface area contributed by atoms with Gasteiger partial charge in [-0.3, -0.25) is 0 Å². The summed E-state index contributed by atoms with van der Waals surface area (Å²) in [5.41, 5.74) is 0. The highest BCUT2D eigenvalue weighted by Crippen LogP contribution is 2.15. The van der Waals surface area contributed by atoms with E-state index in [2.05, 4.69) is 0 Å². The third kappa shape index (κ3) is 2.95. The third-order valence-electron chi connectivity index (χ3n) is 1.57. The minimum absolute atomic E-state index is 0.187. The van der Waals surface area contributed by atoms with Crippen LogP contribution in [-0.4, -0.2) is 31.5 Å². The van der Waals surface area contributed by atoms with Crippen LogP contribution in [-0.2, 0) is 14.6 Å². The Bertz CT molecular complexity index is 110. The third-order valence-corrected chi connectivity index (χ3v) is 1.84. The summed E-state index contributed by atoms with van der Waals surface area (Å²) in [6.07, 6.45) is 1.24. The standard InChI is InChI=1S/C7H12ClO3/c8-3-1-2-7-10-5-6(4-9)11-7/h6-7H,1-5H2. The van der Waals surface area contributed by atoms with E-state index in [-0.39, 0.29) is 19.0 Å². The predicted octanol–water partition coefficient (Wildman–Crippen LogP) is 1.18. The molecule has 1 heterocycles. The topological polar surface area (TPSA) is 38.4 Å². The molecule has 0 aromatic heterocycles. The van der Waals surface area contributed by atoms with Crippen molar-refractivity contribution in [2.24, 2.45) is 0 Å². The molecule has 1 fully saturated rings. The van der Waals surface area contributed by atoms with Crippen LogP contribution in [0.1, 0.15) is 12.8 Å². The molecular weight excluding hydrogens is 168 g/mol. The first-order valence-electron chi connectivity index (χ1n) is 3.78. The predicted molar refractivity (Wildman–Crippen MR) is 40.1 cm³/mol. The first-order chi connectivity index (χ1) is 5.36. The Hall–Kier alpha value is 0.170. The summed E-state index contributed by atoms with van der Waals surface area (Å²) in [4.78, 5) is 0. The second-order valence-corrected chi connectivity index (χ2v) is 2.90. The lowest BCUT2D eigenvalue weighted by Gasteiger charge is -2.07. The second-order valence-electron chi connectivity index (χ2n) is 2.52. The van der Waals surface area contributed by atoms with Gasteiger partial charge in [-0.15, -0.1) is 11.6 Å². The largest absolute Gasteiger partial charge is 0.350 e. The van der Waals surface area contributed by atoms with Crippen LogP contribution >= 0.6 is 11.6 Å². The van der Waals surface area contributed by atoms with Gasteiger partial charge in [0.25, 0.3) is 0 Å². The Kier molecular flexibility index (Phi) is 4.15. The lowest BCUT2D eigenvalue weighted by atomic mass is 10.3. The van der Waals surface area contributed by atoms with E-state index in [1.54, 1.807) is 0 Å². The lowest BCUT2D eigenvalue weighted by Crippen LogP contribution is -2.15. The van der Waals surface area contributed by atoms with Gasteiger partial charge < -0.3 is 9.47 Å². The molecule has 3 nitrogen and oxygen atoms in total. The van der Waals surface area contributed by atoms with E-state index in [9.17, 15) is 5.11 Å². The molecule has 0 aromatic rings. The number of hydrogen-bond donors (Lipinski definition) is 0.